The van der Waals surface area contributed by atoms with Gasteiger partial charge in [0.1, 0.15) is 0 Å². The molecule has 18 heavy (non-hydrogen) atoms. The molecule has 1 atom stereocenters. The van der Waals surface area contributed by atoms with Gasteiger partial charge in [0.05, 0.1) is 11.3 Å². The Labute approximate surface area is 106 Å². The van der Waals surface area contributed by atoms with Crippen LogP contribution in [-0.4, -0.2) is 30.1 Å². The number of carboxylic acids is 1. The fraction of sp³-hybridized carbons (Fsp3) is 0.364. The Bertz CT molecular complexity index is 479. The van der Waals surface area contributed by atoms with E-state index in [1.165, 1.54) is 12.1 Å². The van der Waals surface area contributed by atoms with E-state index in [0.29, 0.717) is 0 Å². The lowest BCUT2D eigenvalue weighted by atomic mass is 10.2. The molecule has 1 aromatic carbocycles. The average molecular weight is 275 g/mol. The smallest absolute Gasteiger partial charge is 0.304 e. The Morgan fingerprint density at radius 2 is 1.78 bits per heavy atom. The van der Waals surface area contributed by atoms with Gasteiger partial charge in [0.15, 0.2) is 0 Å². The van der Waals surface area contributed by atoms with Crippen LogP contribution in [0.15, 0.2) is 29.2 Å². The molecule has 0 aliphatic carbocycles. The summed E-state index contributed by atoms with van der Waals surface area (Å²) in [7, 11) is -4.02. The molecular formula is C11H17NO5S. The van der Waals surface area contributed by atoms with Gasteiger partial charge in [0.25, 0.3) is 10.1 Å². The van der Waals surface area contributed by atoms with Crippen molar-refractivity contribution in [3.8, 4) is 0 Å². The number of carboxylic acid groups (broad SMARTS) is 1. The Morgan fingerprint density at radius 1 is 1.33 bits per heavy atom. The van der Waals surface area contributed by atoms with E-state index in [1.807, 2.05) is 6.92 Å². The largest absolute Gasteiger partial charge is 0.481 e. The van der Waals surface area contributed by atoms with Gasteiger partial charge in [-0.1, -0.05) is 17.7 Å². The average Bonchev–Trinajstić information content (AvgIpc) is 2.15. The molecule has 1 aromatic rings. The first-order valence-corrected chi connectivity index (χ1v) is 6.58. The zero-order chi connectivity index (χ0) is 14.3. The van der Waals surface area contributed by atoms with Crippen LogP contribution in [0.25, 0.3) is 0 Å². The number of aliphatic carboxylic acids is 1. The molecule has 102 valence electrons. The molecule has 0 saturated carbocycles. The summed E-state index contributed by atoms with van der Waals surface area (Å²) in [4.78, 5) is 9.66. The first-order chi connectivity index (χ1) is 8.12. The van der Waals surface area contributed by atoms with E-state index in [-0.39, 0.29) is 17.4 Å². The maximum Gasteiger partial charge on any atom is 0.304 e. The first kappa shape index (κ1) is 16.6. The van der Waals surface area contributed by atoms with Crippen LogP contribution >= 0.6 is 0 Å². The topological polar surface area (TPSA) is 118 Å². The zero-order valence-corrected chi connectivity index (χ0v) is 11.0. The third-order valence-electron chi connectivity index (χ3n) is 1.82. The minimum absolute atomic E-state index is 0.0556. The Balaban J connectivity index is 0.000000360. The lowest BCUT2D eigenvalue weighted by Crippen LogP contribution is -2.18. The van der Waals surface area contributed by atoms with Gasteiger partial charge in [0, 0.05) is 6.04 Å². The fourth-order valence-corrected chi connectivity index (χ4v) is 1.47. The molecule has 0 aromatic heterocycles. The summed E-state index contributed by atoms with van der Waals surface area (Å²) in [6.45, 7) is 3.50. The predicted octanol–water partition coefficient (Wildman–Crippen LogP) is 1.05. The normalized spacial score (nSPS) is 12.2. The molecular weight excluding hydrogens is 258 g/mol. The Morgan fingerprint density at radius 3 is 2.00 bits per heavy atom. The van der Waals surface area contributed by atoms with Crippen molar-refractivity contribution in [2.24, 2.45) is 5.73 Å². The third-order valence-corrected chi connectivity index (χ3v) is 2.68. The van der Waals surface area contributed by atoms with E-state index in [2.05, 4.69) is 0 Å². The number of benzene rings is 1. The van der Waals surface area contributed by atoms with Crippen molar-refractivity contribution in [1.29, 1.82) is 0 Å². The quantitative estimate of drug-likeness (QED) is 0.710. The van der Waals surface area contributed by atoms with E-state index in [4.69, 9.17) is 15.4 Å². The molecule has 1 rings (SSSR count). The molecule has 4 N–H and O–H groups in total. The molecule has 6 nitrogen and oxygen atoms in total. The standard InChI is InChI=1S/C7H8O3S.C4H9NO2/c1-6-2-4-7(5-3-6)11(8,9)10;1-3(5)2-4(6)7/h2-5H,1H3,(H,8,9,10);3H,2,5H2,1H3,(H,6,7)/t;3-/m.0/s1. The van der Waals surface area contributed by atoms with Gasteiger partial charge < -0.3 is 10.8 Å². The highest BCUT2D eigenvalue weighted by Gasteiger charge is 2.06. The maximum absolute atomic E-state index is 10.5. The summed E-state index contributed by atoms with van der Waals surface area (Å²) < 4.78 is 29.6. The number of rotatable bonds is 3. The summed E-state index contributed by atoms with van der Waals surface area (Å²) in [6.07, 6.45) is 0.0556. The molecule has 7 heteroatoms. The van der Waals surface area contributed by atoms with Crippen LogP contribution in [0.4, 0.5) is 0 Å². The Kier molecular flexibility index (Phi) is 6.53. The van der Waals surface area contributed by atoms with Crippen LogP contribution in [-0.2, 0) is 14.9 Å². The molecule has 0 amide bonds. The molecule has 0 unspecified atom stereocenters. The number of hydrogen-bond acceptors (Lipinski definition) is 4. The summed E-state index contributed by atoms with van der Waals surface area (Å²) in [5, 5.41) is 8.00. The van der Waals surface area contributed by atoms with Crippen molar-refractivity contribution in [3.05, 3.63) is 29.8 Å². The van der Waals surface area contributed by atoms with E-state index in [1.54, 1.807) is 19.1 Å². The van der Waals surface area contributed by atoms with Gasteiger partial charge in [-0.2, -0.15) is 8.42 Å². The number of nitrogens with two attached hydrogens (primary N) is 1. The fourth-order valence-electron chi connectivity index (χ4n) is 0.986. The number of hydrogen-bond donors (Lipinski definition) is 3. The van der Waals surface area contributed by atoms with Crippen molar-refractivity contribution in [3.63, 3.8) is 0 Å². The molecule has 0 bridgehead atoms. The summed E-state index contributed by atoms with van der Waals surface area (Å²) >= 11 is 0. The van der Waals surface area contributed by atoms with E-state index < -0.39 is 16.1 Å². The maximum atomic E-state index is 10.5. The van der Waals surface area contributed by atoms with Crippen molar-refractivity contribution in [1.82, 2.24) is 0 Å². The van der Waals surface area contributed by atoms with Crippen LogP contribution in [0.2, 0.25) is 0 Å². The van der Waals surface area contributed by atoms with Crippen molar-refractivity contribution >= 4 is 16.1 Å². The number of carbonyl (C=O) groups is 1. The van der Waals surface area contributed by atoms with Crippen LogP contribution in [0.3, 0.4) is 0 Å². The van der Waals surface area contributed by atoms with Crippen molar-refractivity contribution < 1.29 is 22.9 Å². The summed E-state index contributed by atoms with van der Waals surface area (Å²) in [5.41, 5.74) is 6.07. The van der Waals surface area contributed by atoms with Gasteiger partial charge in [0.2, 0.25) is 0 Å². The van der Waals surface area contributed by atoms with E-state index >= 15 is 0 Å². The highest BCUT2D eigenvalue weighted by Crippen LogP contribution is 2.08. The first-order valence-electron chi connectivity index (χ1n) is 5.14. The lowest BCUT2D eigenvalue weighted by molar-refractivity contribution is -0.137. The Hall–Kier alpha value is -1.44. The second kappa shape index (κ2) is 7.10. The molecule has 0 aliphatic rings. The summed E-state index contributed by atoms with van der Waals surface area (Å²) in [6, 6.07) is 5.76. The highest BCUT2D eigenvalue weighted by atomic mass is 32.2. The predicted molar refractivity (Wildman–Crippen MR) is 66.9 cm³/mol. The van der Waals surface area contributed by atoms with Crippen molar-refractivity contribution in [2.45, 2.75) is 31.2 Å². The van der Waals surface area contributed by atoms with Gasteiger partial charge in [-0.3, -0.25) is 9.35 Å². The molecule has 0 heterocycles. The number of aryl methyl sites for hydroxylation is 1. The van der Waals surface area contributed by atoms with Crippen LogP contribution < -0.4 is 5.73 Å². The van der Waals surface area contributed by atoms with Crippen molar-refractivity contribution in [2.75, 3.05) is 0 Å². The SMILES string of the molecule is C[C@H](N)CC(=O)O.Cc1ccc(S(=O)(=O)O)cc1. The van der Waals surface area contributed by atoms with Crippen LogP contribution in [0.1, 0.15) is 18.9 Å². The lowest BCUT2D eigenvalue weighted by Gasteiger charge is -1.95. The minimum Gasteiger partial charge on any atom is -0.481 e. The second-order valence-corrected chi connectivity index (χ2v) is 5.28. The molecule has 0 fully saturated rings. The van der Waals surface area contributed by atoms with Gasteiger partial charge in [-0.25, -0.2) is 0 Å². The minimum atomic E-state index is -4.02. The van der Waals surface area contributed by atoms with Gasteiger partial charge in [-0.05, 0) is 26.0 Å². The van der Waals surface area contributed by atoms with Crippen LogP contribution in [0.5, 0.6) is 0 Å². The van der Waals surface area contributed by atoms with Crippen LogP contribution in [0, 0.1) is 6.92 Å². The molecule has 0 radical (unpaired) electrons. The molecule has 0 aliphatic heterocycles. The third kappa shape index (κ3) is 7.77. The van der Waals surface area contributed by atoms with E-state index in [9.17, 15) is 13.2 Å². The molecule has 0 saturated heterocycles. The highest BCUT2D eigenvalue weighted by molar-refractivity contribution is 7.85. The monoisotopic (exact) mass is 275 g/mol. The van der Waals surface area contributed by atoms with Gasteiger partial charge >= 0.3 is 5.97 Å². The van der Waals surface area contributed by atoms with E-state index in [0.717, 1.165) is 5.56 Å². The zero-order valence-electron chi connectivity index (χ0n) is 10.2. The second-order valence-electron chi connectivity index (χ2n) is 3.86. The molecule has 0 spiro atoms. The summed E-state index contributed by atoms with van der Waals surface area (Å²) in [5.74, 6) is -0.838. The van der Waals surface area contributed by atoms with Gasteiger partial charge in [-0.15, -0.1) is 0 Å².